The van der Waals surface area contributed by atoms with E-state index in [1.807, 2.05) is 18.5 Å². The summed E-state index contributed by atoms with van der Waals surface area (Å²) in [5.74, 6) is 0. The number of allylic oxidation sites excluding steroid dienone is 4. The molecule has 0 amide bonds. The molecule has 1 aliphatic rings. The molecule has 1 heterocycles. The van der Waals surface area contributed by atoms with Crippen molar-refractivity contribution in [1.82, 2.24) is 10.2 Å². The molecular weight excluding hydrogens is 504 g/mol. The van der Waals surface area contributed by atoms with Crippen LogP contribution in [0.3, 0.4) is 0 Å². The molecule has 0 unspecified atom stereocenters. The van der Waals surface area contributed by atoms with Crippen molar-refractivity contribution in [3.63, 3.8) is 0 Å². The van der Waals surface area contributed by atoms with Crippen molar-refractivity contribution in [2.75, 3.05) is 32.7 Å². The van der Waals surface area contributed by atoms with Crippen molar-refractivity contribution in [2.24, 2.45) is 20.0 Å². The van der Waals surface area contributed by atoms with Gasteiger partial charge >= 0.3 is 0 Å². The third kappa shape index (κ3) is 10.9. The van der Waals surface area contributed by atoms with Crippen LogP contribution in [0.25, 0.3) is 0 Å². The van der Waals surface area contributed by atoms with Gasteiger partial charge in [0.05, 0.1) is 0 Å². The molecule has 0 aliphatic carbocycles. The molecule has 0 aromatic heterocycles. The fourth-order valence-corrected chi connectivity index (χ4v) is 4.74. The minimum absolute atomic E-state index is 0.723. The van der Waals surface area contributed by atoms with E-state index in [9.17, 15) is 0 Å². The molecule has 0 saturated carbocycles. The number of hydrogen-bond donors (Lipinski definition) is 1. The maximum absolute atomic E-state index is 4.97. The predicted molar refractivity (Wildman–Crippen MR) is 178 cm³/mol. The standard InChI is InChI=1S/C35H48N6/c1-6-23-41(27-33-17-11-8-12-18-33)31(5)35-26-37-20-13-19-36-25-34(28(2)38-21-14-22-39-30(35)4)29(3)40-24-32-15-9-7-10-16-32/h7-12,15-18,25-26,40H,6,13-14,19-24,27H2,1-5H3. The number of nitrogens with one attached hydrogen (secondary N) is 1. The molecule has 0 saturated heterocycles. The molecular formula is C35H48N6. The molecule has 2 aromatic rings. The first-order valence-electron chi connectivity index (χ1n) is 15.0. The van der Waals surface area contributed by atoms with E-state index in [0.29, 0.717) is 0 Å². The second kappa shape index (κ2) is 17.8. The summed E-state index contributed by atoms with van der Waals surface area (Å²) in [6.45, 7) is 16.3. The van der Waals surface area contributed by atoms with E-state index in [4.69, 9.17) is 20.0 Å². The van der Waals surface area contributed by atoms with E-state index < -0.39 is 0 Å². The Bertz CT molecular complexity index is 1250. The van der Waals surface area contributed by atoms with Crippen molar-refractivity contribution in [3.8, 4) is 0 Å². The predicted octanol–water partition coefficient (Wildman–Crippen LogP) is 7.09. The van der Waals surface area contributed by atoms with Gasteiger partial charge in [-0.25, -0.2) is 0 Å². The normalized spacial score (nSPS) is 17.9. The first kappa shape index (κ1) is 31.7. The van der Waals surface area contributed by atoms with Crippen LogP contribution in [0.15, 0.2) is 103 Å². The Balaban J connectivity index is 1.78. The summed E-state index contributed by atoms with van der Waals surface area (Å²) in [6.07, 6.45) is 6.87. The average Bonchev–Trinajstić information content (AvgIpc) is 2.99. The molecule has 6 heteroatoms. The fourth-order valence-electron chi connectivity index (χ4n) is 4.74. The van der Waals surface area contributed by atoms with Crippen molar-refractivity contribution in [2.45, 2.75) is 67.0 Å². The molecule has 0 radical (unpaired) electrons. The zero-order valence-corrected chi connectivity index (χ0v) is 25.7. The van der Waals surface area contributed by atoms with Gasteiger partial charge in [0.2, 0.25) is 0 Å². The molecule has 3 rings (SSSR count). The van der Waals surface area contributed by atoms with Gasteiger partial charge in [0, 0.05) is 92.2 Å². The average molecular weight is 553 g/mol. The highest BCUT2D eigenvalue weighted by Gasteiger charge is 2.13. The van der Waals surface area contributed by atoms with E-state index in [-0.39, 0.29) is 0 Å². The van der Waals surface area contributed by atoms with E-state index in [1.54, 1.807) is 0 Å². The highest BCUT2D eigenvalue weighted by Crippen LogP contribution is 2.16. The minimum atomic E-state index is 0.723. The second-order valence-electron chi connectivity index (χ2n) is 10.5. The van der Waals surface area contributed by atoms with Gasteiger partial charge in [-0.2, -0.15) is 0 Å². The van der Waals surface area contributed by atoms with Gasteiger partial charge in [-0.05, 0) is 58.1 Å². The van der Waals surface area contributed by atoms with Gasteiger partial charge < -0.3 is 10.2 Å². The summed E-state index contributed by atoms with van der Waals surface area (Å²) in [7, 11) is 0. The lowest BCUT2D eigenvalue weighted by Gasteiger charge is -2.27. The lowest BCUT2D eigenvalue weighted by Crippen LogP contribution is -2.25. The van der Waals surface area contributed by atoms with Crippen LogP contribution in [0.4, 0.5) is 0 Å². The SMILES string of the molecule is CCCN(Cc1ccccc1)C(C)=C1C=NCCCN=CC(=C(C)NCc2ccccc2)C(C)=NCCCN=C1C. The lowest BCUT2D eigenvalue weighted by atomic mass is 10.1. The van der Waals surface area contributed by atoms with Crippen LogP contribution in [0.2, 0.25) is 0 Å². The quantitative estimate of drug-likeness (QED) is 0.380. The van der Waals surface area contributed by atoms with Gasteiger partial charge in [-0.15, -0.1) is 0 Å². The molecule has 0 fully saturated rings. The molecule has 41 heavy (non-hydrogen) atoms. The summed E-state index contributed by atoms with van der Waals surface area (Å²) in [5.41, 5.74) is 9.09. The topological polar surface area (TPSA) is 64.7 Å². The van der Waals surface area contributed by atoms with Crippen molar-refractivity contribution in [1.29, 1.82) is 0 Å². The molecule has 0 atom stereocenters. The molecule has 6 nitrogen and oxygen atoms in total. The largest absolute Gasteiger partial charge is 0.384 e. The maximum atomic E-state index is 4.97. The zero-order valence-electron chi connectivity index (χ0n) is 25.7. The van der Waals surface area contributed by atoms with Crippen LogP contribution in [0.1, 0.15) is 65.0 Å². The molecule has 0 spiro atoms. The van der Waals surface area contributed by atoms with E-state index in [2.05, 4.69) is 99.4 Å². The Kier molecular flexibility index (Phi) is 13.8. The zero-order chi connectivity index (χ0) is 29.3. The van der Waals surface area contributed by atoms with Gasteiger partial charge in [0.25, 0.3) is 0 Å². The van der Waals surface area contributed by atoms with Gasteiger partial charge in [0.15, 0.2) is 0 Å². The van der Waals surface area contributed by atoms with Crippen LogP contribution < -0.4 is 5.32 Å². The van der Waals surface area contributed by atoms with Crippen molar-refractivity contribution < 1.29 is 0 Å². The third-order valence-corrected chi connectivity index (χ3v) is 7.19. The van der Waals surface area contributed by atoms with Gasteiger partial charge in [-0.1, -0.05) is 67.6 Å². The Morgan fingerprint density at radius 3 is 1.88 bits per heavy atom. The number of aliphatic imine (C=N–C) groups is 4. The molecule has 1 aliphatic heterocycles. The van der Waals surface area contributed by atoms with Crippen LogP contribution in [0.5, 0.6) is 0 Å². The number of nitrogens with zero attached hydrogens (tertiary/aromatic N) is 5. The highest BCUT2D eigenvalue weighted by molar-refractivity contribution is 6.16. The summed E-state index contributed by atoms with van der Waals surface area (Å²) in [4.78, 5) is 21.9. The van der Waals surface area contributed by atoms with Crippen LogP contribution in [-0.4, -0.2) is 61.5 Å². The Labute approximate surface area is 247 Å². The first-order chi connectivity index (χ1) is 20.0. The minimum Gasteiger partial charge on any atom is -0.384 e. The molecule has 1 N–H and O–H groups in total. The van der Waals surface area contributed by atoms with Gasteiger partial charge in [0.1, 0.15) is 0 Å². The van der Waals surface area contributed by atoms with E-state index in [0.717, 1.165) is 93.3 Å². The molecule has 218 valence electrons. The fraction of sp³-hybridized carbons (Fsp3) is 0.429. The summed E-state index contributed by atoms with van der Waals surface area (Å²) in [5, 5.41) is 3.56. The van der Waals surface area contributed by atoms with E-state index in [1.165, 1.54) is 16.8 Å². The highest BCUT2D eigenvalue weighted by atomic mass is 15.1. The summed E-state index contributed by atoms with van der Waals surface area (Å²) in [6, 6.07) is 21.1. The van der Waals surface area contributed by atoms with Gasteiger partial charge in [-0.3, -0.25) is 20.0 Å². The second-order valence-corrected chi connectivity index (χ2v) is 10.5. The third-order valence-electron chi connectivity index (χ3n) is 7.19. The van der Waals surface area contributed by atoms with Crippen LogP contribution in [-0.2, 0) is 13.1 Å². The van der Waals surface area contributed by atoms with Crippen molar-refractivity contribution in [3.05, 3.63) is 94.3 Å². The lowest BCUT2D eigenvalue weighted by molar-refractivity contribution is 0.337. The summed E-state index contributed by atoms with van der Waals surface area (Å²) < 4.78 is 0. The van der Waals surface area contributed by atoms with Crippen LogP contribution in [0, 0.1) is 0 Å². The van der Waals surface area contributed by atoms with Crippen molar-refractivity contribution >= 4 is 23.9 Å². The molecule has 0 bridgehead atoms. The number of benzene rings is 2. The first-order valence-corrected chi connectivity index (χ1v) is 15.0. The number of hydrogen-bond acceptors (Lipinski definition) is 6. The molecule has 2 aromatic carbocycles. The Hall–Kier alpha value is -3.80. The Morgan fingerprint density at radius 2 is 1.27 bits per heavy atom. The number of rotatable bonds is 8. The summed E-state index contributed by atoms with van der Waals surface area (Å²) >= 11 is 0. The van der Waals surface area contributed by atoms with E-state index >= 15 is 0 Å². The smallest absolute Gasteiger partial charge is 0.0426 e. The van der Waals surface area contributed by atoms with Crippen LogP contribution >= 0.6 is 0 Å². The monoisotopic (exact) mass is 552 g/mol. The maximum Gasteiger partial charge on any atom is 0.0426 e. The Morgan fingerprint density at radius 1 is 0.732 bits per heavy atom.